The standard InChI is InChI=1S/C15H17N3O3S.2ClH/c1-16-5-6-18(2)15(19)11-8-22-14(17-11)10-3-4-12-13(7-10)21-9-20-12;;/h3-4,7-8,16H,5-6,9H2,1-2H3;2*1H. The normalized spacial score (nSPS) is 11.4. The Labute approximate surface area is 157 Å². The number of nitrogens with one attached hydrogen (secondary N) is 1. The number of aromatic nitrogens is 1. The van der Waals surface area contributed by atoms with Gasteiger partial charge in [-0.3, -0.25) is 4.79 Å². The van der Waals surface area contributed by atoms with Crippen LogP contribution in [0.4, 0.5) is 0 Å². The molecule has 3 rings (SSSR count). The maximum absolute atomic E-state index is 12.3. The highest BCUT2D eigenvalue weighted by Crippen LogP contribution is 2.36. The van der Waals surface area contributed by atoms with Gasteiger partial charge in [-0.05, 0) is 25.2 Å². The summed E-state index contributed by atoms with van der Waals surface area (Å²) in [5.41, 5.74) is 1.39. The second-order valence-corrected chi connectivity index (χ2v) is 5.79. The molecule has 0 saturated carbocycles. The second-order valence-electron chi connectivity index (χ2n) is 4.94. The minimum atomic E-state index is -0.0708. The highest BCUT2D eigenvalue weighted by Gasteiger charge is 2.18. The summed E-state index contributed by atoms with van der Waals surface area (Å²) >= 11 is 1.45. The summed E-state index contributed by atoms with van der Waals surface area (Å²) in [6, 6.07) is 5.67. The van der Waals surface area contributed by atoms with E-state index in [0.29, 0.717) is 18.0 Å². The molecule has 0 fully saturated rings. The summed E-state index contributed by atoms with van der Waals surface area (Å²) < 4.78 is 10.7. The van der Waals surface area contributed by atoms with Gasteiger partial charge in [-0.15, -0.1) is 36.2 Å². The first-order chi connectivity index (χ1) is 10.7. The highest BCUT2D eigenvalue weighted by atomic mass is 35.5. The van der Waals surface area contributed by atoms with E-state index in [-0.39, 0.29) is 37.5 Å². The monoisotopic (exact) mass is 391 g/mol. The van der Waals surface area contributed by atoms with Crippen molar-refractivity contribution in [1.29, 1.82) is 0 Å². The van der Waals surface area contributed by atoms with E-state index in [1.54, 1.807) is 17.3 Å². The van der Waals surface area contributed by atoms with E-state index in [4.69, 9.17) is 9.47 Å². The van der Waals surface area contributed by atoms with Crippen LogP contribution in [-0.2, 0) is 0 Å². The van der Waals surface area contributed by atoms with Gasteiger partial charge in [-0.1, -0.05) is 0 Å². The third kappa shape index (κ3) is 4.30. The zero-order valence-corrected chi connectivity index (χ0v) is 15.7. The molecule has 9 heteroatoms. The Hall–Kier alpha value is -1.54. The van der Waals surface area contributed by atoms with Crippen LogP contribution in [0.2, 0.25) is 0 Å². The van der Waals surface area contributed by atoms with Crippen molar-refractivity contribution in [2.75, 3.05) is 34.0 Å². The molecule has 0 bridgehead atoms. The summed E-state index contributed by atoms with van der Waals surface area (Å²) in [6.45, 7) is 1.64. The molecule has 0 radical (unpaired) electrons. The second kappa shape index (κ2) is 9.08. The first kappa shape index (κ1) is 20.5. The van der Waals surface area contributed by atoms with Gasteiger partial charge in [-0.2, -0.15) is 0 Å². The molecule has 0 aliphatic carbocycles. The van der Waals surface area contributed by atoms with Crippen LogP contribution in [0.5, 0.6) is 11.5 Å². The van der Waals surface area contributed by atoms with Gasteiger partial charge in [0.1, 0.15) is 10.7 Å². The van der Waals surface area contributed by atoms with Gasteiger partial charge in [0.05, 0.1) is 0 Å². The van der Waals surface area contributed by atoms with Crippen LogP contribution in [-0.4, -0.2) is 49.8 Å². The number of ether oxygens (including phenoxy) is 2. The van der Waals surface area contributed by atoms with Crippen molar-refractivity contribution in [3.05, 3.63) is 29.3 Å². The lowest BCUT2D eigenvalue weighted by molar-refractivity contribution is 0.0792. The molecule has 6 nitrogen and oxygen atoms in total. The van der Waals surface area contributed by atoms with Crippen LogP contribution >= 0.6 is 36.2 Å². The van der Waals surface area contributed by atoms with Crippen molar-refractivity contribution in [1.82, 2.24) is 15.2 Å². The van der Waals surface area contributed by atoms with Crippen LogP contribution in [0.15, 0.2) is 23.6 Å². The molecule has 1 aliphatic rings. The minimum Gasteiger partial charge on any atom is -0.454 e. The van der Waals surface area contributed by atoms with Crippen molar-refractivity contribution < 1.29 is 14.3 Å². The quantitative estimate of drug-likeness (QED) is 0.848. The summed E-state index contributed by atoms with van der Waals surface area (Å²) in [6.07, 6.45) is 0. The molecule has 1 N–H and O–H groups in total. The molecule has 0 saturated heterocycles. The van der Waals surface area contributed by atoms with E-state index in [1.165, 1.54) is 11.3 Å². The van der Waals surface area contributed by atoms with E-state index in [0.717, 1.165) is 22.9 Å². The number of benzene rings is 1. The van der Waals surface area contributed by atoms with Crippen molar-refractivity contribution in [2.24, 2.45) is 0 Å². The van der Waals surface area contributed by atoms with Gasteiger partial charge < -0.3 is 19.7 Å². The van der Waals surface area contributed by atoms with Crippen LogP contribution in [0.25, 0.3) is 10.6 Å². The Kier molecular flexibility index (Phi) is 7.75. The van der Waals surface area contributed by atoms with Crippen LogP contribution in [0.1, 0.15) is 10.5 Å². The highest BCUT2D eigenvalue weighted by molar-refractivity contribution is 7.13. The lowest BCUT2D eigenvalue weighted by Gasteiger charge is -2.15. The number of hydrogen-bond acceptors (Lipinski definition) is 6. The summed E-state index contributed by atoms with van der Waals surface area (Å²) in [5.74, 6) is 1.38. The van der Waals surface area contributed by atoms with Gasteiger partial charge in [-0.25, -0.2) is 4.98 Å². The Balaban J connectivity index is 0.00000144. The number of carbonyl (C=O) groups is 1. The third-order valence-corrected chi connectivity index (χ3v) is 4.28. The SMILES string of the molecule is CNCCN(C)C(=O)c1csc(-c2ccc3c(c2)OCO3)n1.Cl.Cl. The van der Waals surface area contributed by atoms with Gasteiger partial charge in [0, 0.05) is 31.1 Å². The van der Waals surface area contributed by atoms with E-state index >= 15 is 0 Å². The van der Waals surface area contributed by atoms with Crippen molar-refractivity contribution in [2.45, 2.75) is 0 Å². The van der Waals surface area contributed by atoms with Gasteiger partial charge in [0.25, 0.3) is 5.91 Å². The molecular formula is C15H19Cl2N3O3S. The number of fused-ring (bicyclic) bond motifs is 1. The minimum absolute atomic E-state index is 0. The van der Waals surface area contributed by atoms with E-state index in [9.17, 15) is 4.79 Å². The number of rotatable bonds is 5. The smallest absolute Gasteiger partial charge is 0.273 e. The predicted molar refractivity (Wildman–Crippen MR) is 99.1 cm³/mol. The number of nitrogens with zero attached hydrogens (tertiary/aromatic N) is 2. The molecular weight excluding hydrogens is 373 g/mol. The Bertz CT molecular complexity index is 696. The topological polar surface area (TPSA) is 63.7 Å². The van der Waals surface area contributed by atoms with E-state index in [1.807, 2.05) is 25.2 Å². The molecule has 1 amide bonds. The molecule has 0 atom stereocenters. The van der Waals surface area contributed by atoms with Gasteiger partial charge in [0.2, 0.25) is 6.79 Å². The fourth-order valence-corrected chi connectivity index (χ4v) is 2.90. The number of hydrogen-bond donors (Lipinski definition) is 1. The molecule has 1 aliphatic heterocycles. The summed E-state index contributed by atoms with van der Waals surface area (Å²) in [4.78, 5) is 18.4. The number of halogens is 2. The predicted octanol–water partition coefficient (Wildman–Crippen LogP) is 2.67. The first-order valence-corrected chi connectivity index (χ1v) is 7.82. The van der Waals surface area contributed by atoms with Crippen LogP contribution in [0, 0.1) is 0 Å². The number of thiazole rings is 1. The summed E-state index contributed by atoms with van der Waals surface area (Å²) in [7, 11) is 3.64. The third-order valence-electron chi connectivity index (χ3n) is 3.39. The van der Waals surface area contributed by atoms with Gasteiger partial charge >= 0.3 is 0 Å². The van der Waals surface area contributed by atoms with Crippen molar-refractivity contribution >= 4 is 42.1 Å². The Morgan fingerprint density at radius 2 is 2.08 bits per heavy atom. The first-order valence-electron chi connectivity index (χ1n) is 6.94. The molecule has 0 spiro atoms. The Morgan fingerprint density at radius 3 is 2.83 bits per heavy atom. The maximum Gasteiger partial charge on any atom is 0.273 e. The Morgan fingerprint density at radius 1 is 1.33 bits per heavy atom. The van der Waals surface area contributed by atoms with Crippen molar-refractivity contribution in [3.8, 4) is 22.1 Å². The average molecular weight is 392 g/mol. The van der Waals surface area contributed by atoms with Gasteiger partial charge in [0.15, 0.2) is 11.5 Å². The number of amides is 1. The van der Waals surface area contributed by atoms with Crippen molar-refractivity contribution in [3.63, 3.8) is 0 Å². The maximum atomic E-state index is 12.3. The van der Waals surface area contributed by atoms with Crippen LogP contribution < -0.4 is 14.8 Å². The average Bonchev–Trinajstić information content (AvgIpc) is 3.19. The molecule has 1 aromatic carbocycles. The van der Waals surface area contributed by atoms with E-state index < -0.39 is 0 Å². The summed E-state index contributed by atoms with van der Waals surface area (Å²) in [5, 5.41) is 5.61. The molecule has 24 heavy (non-hydrogen) atoms. The number of likely N-dealkylation sites (N-methyl/N-ethyl adjacent to an activating group) is 2. The van der Waals surface area contributed by atoms with Crippen LogP contribution in [0.3, 0.4) is 0 Å². The lowest BCUT2D eigenvalue weighted by Crippen LogP contribution is -2.32. The fourth-order valence-electron chi connectivity index (χ4n) is 2.11. The zero-order chi connectivity index (χ0) is 15.5. The fraction of sp³-hybridized carbons (Fsp3) is 0.333. The zero-order valence-electron chi connectivity index (χ0n) is 13.3. The van der Waals surface area contributed by atoms with E-state index in [2.05, 4.69) is 10.3 Å². The molecule has 132 valence electrons. The molecule has 2 heterocycles. The molecule has 2 aromatic rings. The number of carbonyl (C=O) groups excluding carboxylic acids is 1. The largest absolute Gasteiger partial charge is 0.454 e. The molecule has 0 unspecified atom stereocenters. The molecule has 1 aromatic heterocycles. The lowest BCUT2D eigenvalue weighted by atomic mass is 10.2.